The first-order valence-electron chi connectivity index (χ1n) is 10.0. The molecule has 0 atom stereocenters. The number of aromatic nitrogens is 1. The highest BCUT2D eigenvalue weighted by Crippen LogP contribution is 2.30. The highest BCUT2D eigenvalue weighted by atomic mass is 35.5. The zero-order valence-corrected chi connectivity index (χ0v) is 18.5. The normalized spacial score (nSPS) is 14.4. The van der Waals surface area contributed by atoms with E-state index in [1.807, 2.05) is 19.1 Å². The molecule has 8 heteroatoms. The number of nitrogens with zero attached hydrogens (tertiary/aromatic N) is 3. The van der Waals surface area contributed by atoms with Crippen molar-refractivity contribution in [2.75, 3.05) is 26.2 Å². The molecule has 0 spiro atoms. The SMILES string of the molecule is Cc1nc(-c2ccc(Cl)cc2)sc1C(=O)N1CCCN(C(=O)c2ccccc2F)CC1. The largest absolute Gasteiger partial charge is 0.337 e. The van der Waals surface area contributed by atoms with Crippen LogP contribution in [0.1, 0.15) is 32.1 Å². The van der Waals surface area contributed by atoms with Gasteiger partial charge in [0, 0.05) is 36.8 Å². The fourth-order valence-corrected chi connectivity index (χ4v) is 4.75. The first-order valence-corrected chi connectivity index (χ1v) is 11.2. The Kier molecular flexibility index (Phi) is 6.34. The number of thiazole rings is 1. The van der Waals surface area contributed by atoms with Gasteiger partial charge >= 0.3 is 0 Å². The van der Waals surface area contributed by atoms with Gasteiger partial charge in [0.05, 0.1) is 11.3 Å². The van der Waals surface area contributed by atoms with Crippen LogP contribution in [-0.4, -0.2) is 52.8 Å². The summed E-state index contributed by atoms with van der Waals surface area (Å²) >= 11 is 7.32. The smallest absolute Gasteiger partial charge is 0.265 e. The maximum Gasteiger partial charge on any atom is 0.265 e. The lowest BCUT2D eigenvalue weighted by Crippen LogP contribution is -2.37. The van der Waals surface area contributed by atoms with Crippen LogP contribution < -0.4 is 0 Å². The van der Waals surface area contributed by atoms with E-state index in [2.05, 4.69) is 4.98 Å². The number of hydrogen-bond acceptors (Lipinski definition) is 4. The molecule has 0 N–H and O–H groups in total. The minimum atomic E-state index is -0.528. The first kappa shape index (κ1) is 21.5. The third kappa shape index (κ3) is 4.62. The van der Waals surface area contributed by atoms with E-state index in [1.54, 1.807) is 34.1 Å². The molecular weight excluding hydrogens is 437 g/mol. The number of halogens is 2. The first-order chi connectivity index (χ1) is 14.9. The van der Waals surface area contributed by atoms with Crippen molar-refractivity contribution in [3.8, 4) is 10.6 Å². The van der Waals surface area contributed by atoms with Gasteiger partial charge in [0.25, 0.3) is 11.8 Å². The number of carbonyl (C=O) groups excluding carboxylic acids is 2. The lowest BCUT2D eigenvalue weighted by Gasteiger charge is -2.22. The minimum Gasteiger partial charge on any atom is -0.337 e. The Balaban J connectivity index is 1.47. The van der Waals surface area contributed by atoms with Crippen molar-refractivity contribution in [1.29, 1.82) is 0 Å². The molecule has 0 saturated carbocycles. The third-order valence-corrected chi connectivity index (χ3v) is 6.70. The minimum absolute atomic E-state index is 0.0631. The van der Waals surface area contributed by atoms with Gasteiger partial charge in [-0.25, -0.2) is 9.37 Å². The molecule has 4 rings (SSSR count). The third-order valence-electron chi connectivity index (χ3n) is 5.26. The Morgan fingerprint density at radius 2 is 1.61 bits per heavy atom. The number of benzene rings is 2. The Morgan fingerprint density at radius 3 is 2.29 bits per heavy atom. The van der Waals surface area contributed by atoms with Crippen molar-refractivity contribution in [2.24, 2.45) is 0 Å². The van der Waals surface area contributed by atoms with Gasteiger partial charge in [0.15, 0.2) is 0 Å². The second kappa shape index (κ2) is 9.16. The summed E-state index contributed by atoms with van der Waals surface area (Å²) in [5.74, 6) is -0.957. The van der Waals surface area contributed by atoms with E-state index < -0.39 is 5.82 Å². The van der Waals surface area contributed by atoms with E-state index >= 15 is 0 Å². The van der Waals surface area contributed by atoms with E-state index in [4.69, 9.17) is 11.6 Å². The van der Waals surface area contributed by atoms with Crippen LogP contribution in [0.5, 0.6) is 0 Å². The van der Waals surface area contributed by atoms with Gasteiger partial charge in [-0.1, -0.05) is 35.9 Å². The number of carbonyl (C=O) groups is 2. The van der Waals surface area contributed by atoms with Crippen LogP contribution >= 0.6 is 22.9 Å². The molecule has 0 radical (unpaired) electrons. The number of rotatable bonds is 3. The summed E-state index contributed by atoms with van der Waals surface area (Å²) in [6.45, 7) is 3.60. The van der Waals surface area contributed by atoms with Crippen molar-refractivity contribution in [3.63, 3.8) is 0 Å². The van der Waals surface area contributed by atoms with E-state index in [0.717, 1.165) is 10.6 Å². The molecule has 1 aliphatic rings. The Bertz CT molecular complexity index is 1120. The molecule has 2 aromatic carbocycles. The van der Waals surface area contributed by atoms with Gasteiger partial charge in [-0.15, -0.1) is 11.3 Å². The second-order valence-electron chi connectivity index (χ2n) is 7.36. The zero-order valence-electron chi connectivity index (χ0n) is 17.0. The Hall–Kier alpha value is -2.77. The van der Waals surface area contributed by atoms with E-state index in [-0.39, 0.29) is 17.4 Å². The molecule has 0 unspecified atom stereocenters. The topological polar surface area (TPSA) is 53.5 Å². The summed E-state index contributed by atoms with van der Waals surface area (Å²) in [5, 5.41) is 1.41. The van der Waals surface area contributed by atoms with E-state index in [9.17, 15) is 14.0 Å². The van der Waals surface area contributed by atoms with Crippen LogP contribution in [0.4, 0.5) is 4.39 Å². The summed E-state index contributed by atoms with van der Waals surface area (Å²) in [7, 11) is 0. The van der Waals surface area contributed by atoms with Crippen LogP contribution in [0.25, 0.3) is 10.6 Å². The van der Waals surface area contributed by atoms with Crippen molar-refractivity contribution in [1.82, 2.24) is 14.8 Å². The molecule has 0 bridgehead atoms. The molecule has 1 aliphatic heterocycles. The van der Waals surface area contributed by atoms with Gasteiger partial charge in [0.2, 0.25) is 0 Å². The molecule has 1 fully saturated rings. The van der Waals surface area contributed by atoms with E-state index in [1.165, 1.54) is 23.5 Å². The summed E-state index contributed by atoms with van der Waals surface area (Å²) < 4.78 is 14.0. The molecule has 1 saturated heterocycles. The summed E-state index contributed by atoms with van der Waals surface area (Å²) in [6.07, 6.45) is 0.633. The molecule has 160 valence electrons. The second-order valence-corrected chi connectivity index (χ2v) is 8.79. The van der Waals surface area contributed by atoms with Gasteiger partial charge in [-0.2, -0.15) is 0 Å². The average Bonchev–Trinajstić information content (AvgIpc) is 2.99. The van der Waals surface area contributed by atoms with Gasteiger partial charge < -0.3 is 9.80 Å². The van der Waals surface area contributed by atoms with Crippen molar-refractivity contribution >= 4 is 34.8 Å². The lowest BCUT2D eigenvalue weighted by molar-refractivity contribution is 0.0718. The molecule has 0 aliphatic carbocycles. The number of amides is 2. The molecular formula is C23H21ClFN3O2S. The highest BCUT2D eigenvalue weighted by molar-refractivity contribution is 7.17. The standard InChI is InChI=1S/C23H21ClFN3O2S/c1-15-20(31-21(26-15)16-7-9-17(24)10-8-16)23(30)28-12-4-11-27(13-14-28)22(29)18-5-2-3-6-19(18)25/h2-3,5-10H,4,11-14H2,1H3. The predicted molar refractivity (Wildman–Crippen MR) is 120 cm³/mol. The predicted octanol–water partition coefficient (Wildman–Crippen LogP) is 4.90. The lowest BCUT2D eigenvalue weighted by atomic mass is 10.2. The maximum absolute atomic E-state index is 14.0. The van der Waals surface area contributed by atoms with Crippen molar-refractivity contribution in [3.05, 3.63) is 75.5 Å². The molecule has 31 heavy (non-hydrogen) atoms. The maximum atomic E-state index is 14.0. The monoisotopic (exact) mass is 457 g/mol. The van der Waals surface area contributed by atoms with Gasteiger partial charge in [0.1, 0.15) is 15.7 Å². The van der Waals surface area contributed by atoms with Crippen molar-refractivity contribution in [2.45, 2.75) is 13.3 Å². The fourth-order valence-electron chi connectivity index (χ4n) is 3.58. The zero-order chi connectivity index (χ0) is 22.0. The van der Waals surface area contributed by atoms with Gasteiger partial charge in [-0.05, 0) is 37.6 Å². The van der Waals surface area contributed by atoms with Crippen LogP contribution in [0, 0.1) is 12.7 Å². The fraction of sp³-hybridized carbons (Fsp3) is 0.261. The Labute approximate surface area is 189 Å². The molecule has 2 amide bonds. The van der Waals surface area contributed by atoms with Crippen LogP contribution in [0.15, 0.2) is 48.5 Å². The van der Waals surface area contributed by atoms with Crippen LogP contribution in [-0.2, 0) is 0 Å². The van der Waals surface area contributed by atoms with Gasteiger partial charge in [-0.3, -0.25) is 9.59 Å². The molecule has 5 nitrogen and oxygen atoms in total. The number of hydrogen-bond donors (Lipinski definition) is 0. The molecule has 1 aromatic heterocycles. The highest BCUT2D eigenvalue weighted by Gasteiger charge is 2.27. The van der Waals surface area contributed by atoms with Crippen LogP contribution in [0.3, 0.4) is 0 Å². The quantitative estimate of drug-likeness (QED) is 0.562. The number of aryl methyl sites for hydroxylation is 1. The van der Waals surface area contributed by atoms with E-state index in [0.29, 0.717) is 48.2 Å². The molecule has 2 heterocycles. The summed E-state index contributed by atoms with van der Waals surface area (Å²) in [5.41, 5.74) is 1.66. The Morgan fingerprint density at radius 1 is 0.968 bits per heavy atom. The summed E-state index contributed by atoms with van der Waals surface area (Å²) in [6, 6.07) is 13.3. The van der Waals surface area contributed by atoms with Crippen LogP contribution in [0.2, 0.25) is 5.02 Å². The molecule has 3 aromatic rings. The van der Waals surface area contributed by atoms with Crippen molar-refractivity contribution < 1.29 is 14.0 Å². The average molecular weight is 458 g/mol. The summed E-state index contributed by atoms with van der Waals surface area (Å²) in [4.78, 5) is 34.4.